The molecular weight excluding hydrogens is 232 g/mol. The fourth-order valence-electron chi connectivity index (χ4n) is 0.909. The molecule has 0 aliphatic rings. The molecule has 0 radical (unpaired) electrons. The third kappa shape index (κ3) is 9.75. The van der Waals surface area contributed by atoms with Crippen LogP contribution in [-0.4, -0.2) is 54.8 Å². The number of rotatable bonds is 9. The molecular formula is C9H18N2O4S. The van der Waals surface area contributed by atoms with Gasteiger partial charge in [-0.3, -0.25) is 9.59 Å². The number of thioether (sulfide) groups is 1. The molecule has 0 aliphatic heterocycles. The fourth-order valence-corrected chi connectivity index (χ4v) is 1.58. The van der Waals surface area contributed by atoms with Crippen LogP contribution in [0.15, 0.2) is 0 Å². The lowest BCUT2D eigenvalue weighted by atomic mass is 10.3. The number of hydrogen-bond acceptors (Lipinski definition) is 5. The number of aliphatic hydroxyl groups is 1. The Bertz CT molecular complexity index is 226. The quantitative estimate of drug-likeness (QED) is 0.442. The number of carbonyl (C=O) groups is 2. The zero-order chi connectivity index (χ0) is 12.4. The maximum atomic E-state index is 11.2. The number of aliphatic hydroxyl groups excluding tert-OH is 1. The molecule has 0 bridgehead atoms. The first-order valence-electron chi connectivity index (χ1n) is 4.86. The first-order valence-corrected chi connectivity index (χ1v) is 6.01. The molecule has 2 amide bonds. The summed E-state index contributed by atoms with van der Waals surface area (Å²) >= 11 is 1.31. The van der Waals surface area contributed by atoms with E-state index in [9.17, 15) is 14.7 Å². The summed E-state index contributed by atoms with van der Waals surface area (Å²) in [5.74, 6) is 0.211. The molecule has 0 rings (SSSR count). The van der Waals surface area contributed by atoms with Crippen LogP contribution in [0.1, 0.15) is 6.42 Å². The van der Waals surface area contributed by atoms with Gasteiger partial charge in [-0.05, 0) is 0 Å². The normalized spacial score (nSPS) is 12.1. The van der Waals surface area contributed by atoms with E-state index in [1.807, 2.05) is 0 Å². The van der Waals surface area contributed by atoms with Crippen molar-refractivity contribution in [1.82, 2.24) is 5.32 Å². The molecule has 16 heavy (non-hydrogen) atoms. The molecule has 0 spiro atoms. The van der Waals surface area contributed by atoms with Crippen molar-refractivity contribution >= 4 is 23.6 Å². The molecule has 0 aromatic carbocycles. The lowest BCUT2D eigenvalue weighted by Crippen LogP contribution is -2.34. The van der Waals surface area contributed by atoms with Gasteiger partial charge in [-0.15, -0.1) is 0 Å². The standard InChI is InChI=1S/C9H18N2O4S/c1-15-5-7(12)4-11-9(14)2-3-16-6-8(10)13/h7,12H,2-6H2,1H3,(H2,10,13)(H,11,14). The van der Waals surface area contributed by atoms with Gasteiger partial charge in [0, 0.05) is 25.8 Å². The fraction of sp³-hybridized carbons (Fsp3) is 0.778. The van der Waals surface area contributed by atoms with Crippen LogP contribution in [0.3, 0.4) is 0 Å². The zero-order valence-electron chi connectivity index (χ0n) is 9.27. The predicted octanol–water partition coefficient (Wildman–Crippen LogP) is -1.28. The predicted molar refractivity (Wildman–Crippen MR) is 62.0 cm³/mol. The SMILES string of the molecule is COCC(O)CNC(=O)CCSCC(N)=O. The summed E-state index contributed by atoms with van der Waals surface area (Å²) in [5.41, 5.74) is 4.93. The van der Waals surface area contributed by atoms with Crippen molar-refractivity contribution in [3.8, 4) is 0 Å². The highest BCUT2D eigenvalue weighted by Gasteiger charge is 2.06. The maximum absolute atomic E-state index is 11.2. The number of nitrogens with two attached hydrogens (primary N) is 1. The molecule has 0 saturated carbocycles. The van der Waals surface area contributed by atoms with Gasteiger partial charge >= 0.3 is 0 Å². The first kappa shape index (κ1) is 15.2. The largest absolute Gasteiger partial charge is 0.389 e. The van der Waals surface area contributed by atoms with Crippen molar-refractivity contribution in [3.63, 3.8) is 0 Å². The van der Waals surface area contributed by atoms with Crippen molar-refractivity contribution < 1.29 is 19.4 Å². The van der Waals surface area contributed by atoms with E-state index in [0.29, 0.717) is 12.2 Å². The summed E-state index contributed by atoms with van der Waals surface area (Å²) in [6, 6.07) is 0. The number of hydrogen-bond donors (Lipinski definition) is 3. The Labute approximate surface area is 98.9 Å². The second kappa shape index (κ2) is 9.44. The first-order chi connectivity index (χ1) is 7.56. The zero-order valence-corrected chi connectivity index (χ0v) is 10.1. The van der Waals surface area contributed by atoms with Crippen LogP contribution in [0.25, 0.3) is 0 Å². The van der Waals surface area contributed by atoms with Crippen LogP contribution in [0.2, 0.25) is 0 Å². The van der Waals surface area contributed by atoms with Crippen molar-refractivity contribution in [1.29, 1.82) is 0 Å². The Morgan fingerprint density at radius 1 is 1.56 bits per heavy atom. The van der Waals surface area contributed by atoms with E-state index in [1.165, 1.54) is 18.9 Å². The van der Waals surface area contributed by atoms with Crippen LogP contribution in [0, 0.1) is 0 Å². The minimum Gasteiger partial charge on any atom is -0.389 e. The van der Waals surface area contributed by atoms with Gasteiger partial charge in [-0.2, -0.15) is 11.8 Å². The van der Waals surface area contributed by atoms with E-state index >= 15 is 0 Å². The molecule has 0 aliphatic carbocycles. The highest BCUT2D eigenvalue weighted by Crippen LogP contribution is 2.00. The smallest absolute Gasteiger partial charge is 0.227 e. The molecule has 6 nitrogen and oxygen atoms in total. The van der Waals surface area contributed by atoms with Crippen molar-refractivity contribution in [2.45, 2.75) is 12.5 Å². The summed E-state index contributed by atoms with van der Waals surface area (Å²) < 4.78 is 4.70. The molecule has 4 N–H and O–H groups in total. The lowest BCUT2D eigenvalue weighted by molar-refractivity contribution is -0.121. The Hall–Kier alpha value is -0.790. The number of methoxy groups -OCH3 is 1. The topological polar surface area (TPSA) is 102 Å². The maximum Gasteiger partial charge on any atom is 0.227 e. The number of amides is 2. The van der Waals surface area contributed by atoms with Gasteiger partial charge in [0.2, 0.25) is 11.8 Å². The second-order valence-corrected chi connectivity index (χ2v) is 4.29. The summed E-state index contributed by atoms with van der Waals surface area (Å²) in [7, 11) is 1.48. The molecule has 0 aromatic heterocycles. The average Bonchev–Trinajstić information content (AvgIpc) is 2.22. The number of nitrogens with one attached hydrogen (secondary N) is 1. The van der Waals surface area contributed by atoms with Gasteiger partial charge in [0.05, 0.1) is 18.5 Å². The van der Waals surface area contributed by atoms with Crippen LogP contribution in [0.5, 0.6) is 0 Å². The minimum absolute atomic E-state index is 0.160. The number of primary amides is 1. The van der Waals surface area contributed by atoms with E-state index in [0.717, 1.165) is 0 Å². The van der Waals surface area contributed by atoms with Crippen LogP contribution < -0.4 is 11.1 Å². The number of ether oxygens (including phenoxy) is 1. The Morgan fingerprint density at radius 2 is 2.25 bits per heavy atom. The highest BCUT2D eigenvalue weighted by molar-refractivity contribution is 7.99. The molecule has 7 heteroatoms. The molecule has 0 saturated heterocycles. The third-order valence-corrected chi connectivity index (χ3v) is 2.59. The van der Waals surface area contributed by atoms with Crippen LogP contribution in [-0.2, 0) is 14.3 Å². The molecule has 0 aromatic rings. The van der Waals surface area contributed by atoms with E-state index in [1.54, 1.807) is 0 Å². The summed E-state index contributed by atoms with van der Waals surface area (Å²) in [6.07, 6.45) is -0.385. The van der Waals surface area contributed by atoms with Gasteiger partial charge in [-0.1, -0.05) is 0 Å². The van der Waals surface area contributed by atoms with Gasteiger partial charge in [0.25, 0.3) is 0 Å². The Kier molecular flexibility index (Phi) is 8.97. The van der Waals surface area contributed by atoms with E-state index in [-0.39, 0.29) is 30.7 Å². The third-order valence-electron chi connectivity index (χ3n) is 1.61. The van der Waals surface area contributed by atoms with Gasteiger partial charge in [0.15, 0.2) is 0 Å². The highest BCUT2D eigenvalue weighted by atomic mass is 32.2. The van der Waals surface area contributed by atoms with Crippen molar-refractivity contribution in [2.24, 2.45) is 5.73 Å². The van der Waals surface area contributed by atoms with Crippen molar-refractivity contribution in [2.75, 3.05) is 31.8 Å². The summed E-state index contributed by atoms with van der Waals surface area (Å²) in [6.45, 7) is 0.365. The number of carbonyl (C=O) groups excluding carboxylic acids is 2. The summed E-state index contributed by atoms with van der Waals surface area (Å²) in [5, 5.41) is 11.8. The van der Waals surface area contributed by atoms with Gasteiger partial charge < -0.3 is 20.9 Å². The van der Waals surface area contributed by atoms with E-state index in [4.69, 9.17) is 10.5 Å². The lowest BCUT2D eigenvalue weighted by Gasteiger charge is -2.10. The van der Waals surface area contributed by atoms with Crippen LogP contribution >= 0.6 is 11.8 Å². The molecule has 0 heterocycles. The second-order valence-electron chi connectivity index (χ2n) is 3.18. The van der Waals surface area contributed by atoms with Gasteiger partial charge in [0.1, 0.15) is 0 Å². The van der Waals surface area contributed by atoms with Gasteiger partial charge in [-0.25, -0.2) is 0 Å². The Morgan fingerprint density at radius 3 is 2.81 bits per heavy atom. The Balaban J connectivity index is 3.41. The van der Waals surface area contributed by atoms with E-state index in [2.05, 4.69) is 5.32 Å². The molecule has 0 fully saturated rings. The molecule has 1 atom stereocenters. The van der Waals surface area contributed by atoms with Crippen molar-refractivity contribution in [3.05, 3.63) is 0 Å². The average molecular weight is 250 g/mol. The van der Waals surface area contributed by atoms with E-state index < -0.39 is 6.10 Å². The van der Waals surface area contributed by atoms with Crippen LogP contribution in [0.4, 0.5) is 0 Å². The minimum atomic E-state index is -0.688. The molecule has 94 valence electrons. The summed E-state index contributed by atoms with van der Waals surface area (Å²) in [4.78, 5) is 21.6. The molecule has 1 unspecified atom stereocenters. The monoisotopic (exact) mass is 250 g/mol.